The van der Waals surface area contributed by atoms with Crippen LogP contribution in [0.3, 0.4) is 0 Å². The predicted octanol–water partition coefficient (Wildman–Crippen LogP) is 4.69. The molecule has 0 aliphatic carbocycles. The van der Waals surface area contributed by atoms with Crippen LogP contribution in [0.1, 0.15) is 27.9 Å². The van der Waals surface area contributed by atoms with Gasteiger partial charge in [0.25, 0.3) is 5.91 Å². The molecule has 3 rings (SSSR count). The third-order valence-electron chi connectivity index (χ3n) is 4.12. The summed E-state index contributed by atoms with van der Waals surface area (Å²) in [7, 11) is 0. The van der Waals surface area contributed by atoms with Gasteiger partial charge in [-0.15, -0.1) is 0 Å². The first-order chi connectivity index (χ1) is 12.7. The van der Waals surface area contributed by atoms with Crippen molar-refractivity contribution in [3.8, 4) is 0 Å². The Labute approximate surface area is 154 Å². The highest BCUT2D eigenvalue weighted by Crippen LogP contribution is 2.13. The minimum Gasteiger partial charge on any atom is -0.370 e. The Bertz CT molecular complexity index is 845. The summed E-state index contributed by atoms with van der Waals surface area (Å²) in [5.41, 5.74) is 3.86. The van der Waals surface area contributed by atoms with Crippen LogP contribution < -0.4 is 10.6 Å². The van der Waals surface area contributed by atoms with Crippen molar-refractivity contribution in [1.82, 2.24) is 4.98 Å². The molecule has 3 aromatic rings. The number of nitrogens with zero attached hydrogens (tertiary/aromatic N) is 1. The Balaban J connectivity index is 1.52. The lowest BCUT2D eigenvalue weighted by Gasteiger charge is -2.09. The fourth-order valence-corrected chi connectivity index (χ4v) is 2.66. The second kappa shape index (κ2) is 8.81. The van der Waals surface area contributed by atoms with Gasteiger partial charge in [0.05, 0.1) is 0 Å². The van der Waals surface area contributed by atoms with Gasteiger partial charge in [0.2, 0.25) is 0 Å². The predicted molar refractivity (Wildman–Crippen MR) is 107 cm³/mol. The van der Waals surface area contributed by atoms with Gasteiger partial charge in [-0.1, -0.05) is 48.0 Å². The molecule has 0 aliphatic rings. The number of pyridine rings is 1. The lowest BCUT2D eigenvalue weighted by atomic mass is 10.1. The molecule has 0 bridgehead atoms. The van der Waals surface area contributed by atoms with Gasteiger partial charge in [-0.05, 0) is 49.6 Å². The van der Waals surface area contributed by atoms with Gasteiger partial charge in [0.1, 0.15) is 5.82 Å². The second-order valence-corrected chi connectivity index (χ2v) is 6.27. The Morgan fingerprint density at radius 1 is 1.00 bits per heavy atom. The summed E-state index contributed by atoms with van der Waals surface area (Å²) in [6.07, 6.45) is 3.68. The van der Waals surface area contributed by atoms with Gasteiger partial charge < -0.3 is 10.6 Å². The van der Waals surface area contributed by atoms with E-state index in [9.17, 15) is 4.79 Å². The molecule has 4 nitrogen and oxygen atoms in total. The van der Waals surface area contributed by atoms with E-state index in [1.54, 1.807) is 18.3 Å². The molecule has 26 heavy (non-hydrogen) atoms. The number of nitrogens with one attached hydrogen (secondary N) is 2. The van der Waals surface area contributed by atoms with Crippen molar-refractivity contribution in [3.63, 3.8) is 0 Å². The van der Waals surface area contributed by atoms with E-state index in [4.69, 9.17) is 0 Å². The summed E-state index contributed by atoms with van der Waals surface area (Å²) in [5, 5.41) is 6.20. The van der Waals surface area contributed by atoms with Crippen LogP contribution in [0.4, 0.5) is 11.5 Å². The van der Waals surface area contributed by atoms with Crippen molar-refractivity contribution in [2.75, 3.05) is 17.2 Å². The lowest BCUT2D eigenvalue weighted by Crippen LogP contribution is -2.13. The number of hydrogen-bond acceptors (Lipinski definition) is 3. The highest BCUT2D eigenvalue weighted by atomic mass is 16.1. The minimum atomic E-state index is -0.136. The number of rotatable bonds is 7. The Kier molecular flexibility index (Phi) is 5.99. The lowest BCUT2D eigenvalue weighted by molar-refractivity contribution is 0.102. The number of aromatic nitrogens is 1. The van der Waals surface area contributed by atoms with E-state index in [1.807, 2.05) is 37.3 Å². The zero-order chi connectivity index (χ0) is 18.2. The minimum absolute atomic E-state index is 0.136. The van der Waals surface area contributed by atoms with E-state index < -0.39 is 0 Å². The largest absolute Gasteiger partial charge is 0.370 e. The normalized spacial score (nSPS) is 10.3. The van der Waals surface area contributed by atoms with Crippen LogP contribution in [0.15, 0.2) is 72.9 Å². The van der Waals surface area contributed by atoms with Crippen LogP contribution >= 0.6 is 0 Å². The highest BCUT2D eigenvalue weighted by Gasteiger charge is 2.07. The molecule has 1 aromatic heterocycles. The van der Waals surface area contributed by atoms with Crippen molar-refractivity contribution >= 4 is 17.4 Å². The van der Waals surface area contributed by atoms with Crippen molar-refractivity contribution < 1.29 is 4.79 Å². The van der Waals surface area contributed by atoms with Crippen LogP contribution in [0.5, 0.6) is 0 Å². The zero-order valence-electron chi connectivity index (χ0n) is 14.9. The van der Waals surface area contributed by atoms with Gasteiger partial charge in [0.15, 0.2) is 0 Å². The third-order valence-corrected chi connectivity index (χ3v) is 4.12. The van der Waals surface area contributed by atoms with Crippen molar-refractivity contribution in [2.45, 2.75) is 19.8 Å². The molecule has 2 N–H and O–H groups in total. The first-order valence-electron chi connectivity index (χ1n) is 8.82. The van der Waals surface area contributed by atoms with Gasteiger partial charge in [0, 0.05) is 24.0 Å². The smallest absolute Gasteiger partial charge is 0.255 e. The fourth-order valence-electron chi connectivity index (χ4n) is 2.66. The van der Waals surface area contributed by atoms with Crippen LogP contribution in [0.2, 0.25) is 0 Å². The van der Waals surface area contributed by atoms with Crippen molar-refractivity contribution in [3.05, 3.63) is 89.6 Å². The summed E-state index contributed by atoms with van der Waals surface area (Å²) >= 11 is 0. The van der Waals surface area contributed by atoms with Crippen molar-refractivity contribution in [2.24, 2.45) is 0 Å². The average Bonchev–Trinajstić information content (AvgIpc) is 2.68. The number of hydrogen-bond donors (Lipinski definition) is 2. The maximum absolute atomic E-state index is 12.4. The first-order valence-corrected chi connectivity index (χ1v) is 8.82. The maximum atomic E-state index is 12.4. The topological polar surface area (TPSA) is 54.0 Å². The summed E-state index contributed by atoms with van der Waals surface area (Å²) in [5.74, 6) is 0.582. The van der Waals surface area contributed by atoms with E-state index in [-0.39, 0.29) is 5.91 Å². The molecule has 132 valence electrons. The summed E-state index contributed by atoms with van der Waals surface area (Å²) in [6.45, 7) is 2.83. The molecular formula is C22H23N3O. The van der Waals surface area contributed by atoms with Crippen LogP contribution in [-0.2, 0) is 6.42 Å². The van der Waals surface area contributed by atoms with Gasteiger partial charge >= 0.3 is 0 Å². The van der Waals surface area contributed by atoms with E-state index in [0.29, 0.717) is 5.56 Å². The standard InChI is InChI=1S/C22H23N3O/c1-17-9-11-20(12-10-17)25-22(26)19-13-15-24-21(16-19)23-14-5-8-18-6-3-2-4-7-18/h2-4,6-7,9-13,15-16H,5,8,14H2,1H3,(H,23,24)(H,25,26). The third kappa shape index (κ3) is 5.18. The second-order valence-electron chi connectivity index (χ2n) is 6.27. The molecule has 0 radical (unpaired) electrons. The number of carbonyl (C=O) groups excluding carboxylic acids is 1. The quantitative estimate of drug-likeness (QED) is 0.611. The van der Waals surface area contributed by atoms with Crippen molar-refractivity contribution in [1.29, 1.82) is 0 Å². The summed E-state index contributed by atoms with van der Waals surface area (Å²) in [4.78, 5) is 16.7. The number of anilines is 2. The molecule has 4 heteroatoms. The molecule has 2 aromatic carbocycles. The first kappa shape index (κ1) is 17.7. The number of carbonyl (C=O) groups is 1. The van der Waals surface area contributed by atoms with Crippen LogP contribution in [0, 0.1) is 6.92 Å². The van der Waals surface area contributed by atoms with Crippen LogP contribution in [0.25, 0.3) is 0 Å². The Morgan fingerprint density at radius 3 is 2.54 bits per heavy atom. The fraction of sp³-hybridized carbons (Fsp3) is 0.182. The zero-order valence-corrected chi connectivity index (χ0v) is 14.9. The summed E-state index contributed by atoms with van der Waals surface area (Å²) < 4.78 is 0. The highest BCUT2D eigenvalue weighted by molar-refractivity contribution is 6.04. The Hall–Kier alpha value is -3.14. The molecule has 0 saturated heterocycles. The van der Waals surface area contributed by atoms with E-state index in [0.717, 1.165) is 36.5 Å². The maximum Gasteiger partial charge on any atom is 0.255 e. The van der Waals surface area contributed by atoms with E-state index in [1.165, 1.54) is 5.56 Å². The SMILES string of the molecule is Cc1ccc(NC(=O)c2ccnc(NCCCc3ccccc3)c2)cc1. The number of aryl methyl sites for hydroxylation is 2. The van der Waals surface area contributed by atoms with Gasteiger partial charge in [-0.3, -0.25) is 4.79 Å². The molecule has 1 heterocycles. The van der Waals surface area contributed by atoms with E-state index in [2.05, 4.69) is 39.9 Å². The van der Waals surface area contributed by atoms with E-state index >= 15 is 0 Å². The molecular weight excluding hydrogens is 322 g/mol. The average molecular weight is 345 g/mol. The molecule has 0 fully saturated rings. The molecule has 0 unspecified atom stereocenters. The van der Waals surface area contributed by atoms with Gasteiger partial charge in [-0.25, -0.2) is 4.98 Å². The van der Waals surface area contributed by atoms with Gasteiger partial charge in [-0.2, -0.15) is 0 Å². The Morgan fingerprint density at radius 2 is 1.77 bits per heavy atom. The van der Waals surface area contributed by atoms with Crippen LogP contribution in [-0.4, -0.2) is 17.4 Å². The monoisotopic (exact) mass is 345 g/mol. The number of amides is 1. The number of benzene rings is 2. The summed E-state index contributed by atoms with van der Waals surface area (Å²) in [6, 6.07) is 21.7. The molecule has 0 saturated carbocycles. The molecule has 0 spiro atoms. The molecule has 1 amide bonds. The molecule has 0 aliphatic heterocycles. The molecule has 0 atom stereocenters.